The first kappa shape index (κ1) is 20.1. The third-order valence-electron chi connectivity index (χ3n) is 3.86. The minimum Gasteiger partial charge on any atom is -0.488 e. The first-order chi connectivity index (χ1) is 10.3. The molecule has 5 heteroatoms. The van der Waals surface area contributed by atoms with Crippen molar-refractivity contribution in [3.8, 4) is 5.75 Å². The highest BCUT2D eigenvalue weighted by molar-refractivity contribution is 14.0. The molecule has 2 rings (SSSR count). The lowest BCUT2D eigenvalue weighted by atomic mass is 9.85. The van der Waals surface area contributed by atoms with Gasteiger partial charge in [0.05, 0.1) is 6.54 Å². The number of nitrogens with zero attached hydrogens (tertiary/aromatic N) is 1. The quantitative estimate of drug-likeness (QED) is 0.421. The normalized spacial score (nSPS) is 15.6. The van der Waals surface area contributed by atoms with E-state index < -0.39 is 0 Å². The molecule has 0 saturated heterocycles. The van der Waals surface area contributed by atoms with Crippen molar-refractivity contribution in [1.29, 1.82) is 0 Å². The summed E-state index contributed by atoms with van der Waals surface area (Å²) in [6, 6.07) is 6.21. The Morgan fingerprint density at radius 2 is 2.04 bits per heavy atom. The van der Waals surface area contributed by atoms with E-state index in [0.717, 1.165) is 23.8 Å². The number of hydrogen-bond acceptors (Lipinski definition) is 2. The van der Waals surface area contributed by atoms with Crippen molar-refractivity contribution in [2.75, 3.05) is 6.54 Å². The van der Waals surface area contributed by atoms with Crippen molar-refractivity contribution in [2.24, 2.45) is 16.6 Å². The molecule has 0 unspecified atom stereocenters. The molecule has 1 saturated carbocycles. The van der Waals surface area contributed by atoms with E-state index >= 15 is 0 Å². The lowest BCUT2D eigenvalue weighted by molar-refractivity contribution is 0.129. The number of hydrogen-bond donors (Lipinski definition) is 2. The molecule has 3 N–H and O–H groups in total. The van der Waals surface area contributed by atoms with Crippen LogP contribution < -0.4 is 15.8 Å². The summed E-state index contributed by atoms with van der Waals surface area (Å²) in [5.74, 6) is 2.19. The van der Waals surface area contributed by atoms with Crippen LogP contribution in [0, 0.1) is 12.8 Å². The maximum atomic E-state index is 6.04. The molecule has 1 aliphatic carbocycles. The molecule has 1 aromatic carbocycles. The minimum absolute atomic E-state index is 0. The monoisotopic (exact) mass is 431 g/mol. The van der Waals surface area contributed by atoms with E-state index in [2.05, 4.69) is 56.2 Å². The van der Waals surface area contributed by atoms with Gasteiger partial charge in [0.1, 0.15) is 11.4 Å². The van der Waals surface area contributed by atoms with Crippen LogP contribution in [0.5, 0.6) is 5.75 Å². The summed E-state index contributed by atoms with van der Waals surface area (Å²) < 4.78 is 6.04. The van der Waals surface area contributed by atoms with Gasteiger partial charge in [0, 0.05) is 12.1 Å². The van der Waals surface area contributed by atoms with Crippen molar-refractivity contribution in [3.05, 3.63) is 29.3 Å². The predicted molar refractivity (Wildman–Crippen MR) is 108 cm³/mol. The number of nitrogens with one attached hydrogen (secondary N) is 1. The second-order valence-electron chi connectivity index (χ2n) is 7.20. The van der Waals surface area contributed by atoms with E-state index in [1.807, 2.05) is 0 Å². The molecule has 0 amide bonds. The Balaban J connectivity index is 0.00000264. The van der Waals surface area contributed by atoms with E-state index in [1.165, 1.54) is 24.8 Å². The van der Waals surface area contributed by atoms with Gasteiger partial charge in [0.25, 0.3) is 0 Å². The lowest BCUT2D eigenvalue weighted by Gasteiger charge is -2.25. The fourth-order valence-corrected chi connectivity index (χ4v) is 2.39. The minimum atomic E-state index is -0.222. The number of guanidine groups is 1. The summed E-state index contributed by atoms with van der Waals surface area (Å²) in [5.41, 5.74) is 7.98. The SMILES string of the molecule is Cc1ccc(CN=C(N)NCC2CCC2)c(OC(C)(C)C)c1.I. The molecule has 0 bridgehead atoms. The largest absolute Gasteiger partial charge is 0.488 e. The number of ether oxygens (including phenoxy) is 1. The van der Waals surface area contributed by atoms with Crippen molar-refractivity contribution < 1.29 is 4.74 Å². The molecule has 130 valence electrons. The van der Waals surface area contributed by atoms with Crippen LogP contribution in [0.25, 0.3) is 0 Å². The number of aryl methyl sites for hydroxylation is 1. The first-order valence-corrected chi connectivity index (χ1v) is 8.16. The summed E-state index contributed by atoms with van der Waals surface area (Å²) in [4.78, 5) is 4.45. The van der Waals surface area contributed by atoms with Gasteiger partial charge < -0.3 is 15.8 Å². The Labute approximate surface area is 157 Å². The lowest BCUT2D eigenvalue weighted by Crippen LogP contribution is -2.37. The average molecular weight is 431 g/mol. The number of aliphatic imine (C=N–C) groups is 1. The summed E-state index contributed by atoms with van der Waals surface area (Å²) >= 11 is 0. The van der Waals surface area contributed by atoms with Crippen LogP contribution in [0.3, 0.4) is 0 Å². The van der Waals surface area contributed by atoms with Crippen LogP contribution in [0.4, 0.5) is 0 Å². The molecule has 0 atom stereocenters. The van der Waals surface area contributed by atoms with Gasteiger partial charge in [-0.15, -0.1) is 24.0 Å². The maximum absolute atomic E-state index is 6.04. The highest BCUT2D eigenvalue weighted by atomic mass is 127. The van der Waals surface area contributed by atoms with Crippen LogP contribution >= 0.6 is 24.0 Å². The topological polar surface area (TPSA) is 59.6 Å². The van der Waals surface area contributed by atoms with Crippen molar-refractivity contribution in [2.45, 2.75) is 59.1 Å². The Kier molecular flexibility index (Phi) is 7.64. The summed E-state index contributed by atoms with van der Waals surface area (Å²) in [6.45, 7) is 9.70. The average Bonchev–Trinajstić information content (AvgIpc) is 2.34. The third-order valence-corrected chi connectivity index (χ3v) is 3.86. The molecule has 0 aromatic heterocycles. The van der Waals surface area contributed by atoms with Crippen LogP contribution in [-0.2, 0) is 6.54 Å². The molecular weight excluding hydrogens is 401 g/mol. The third kappa shape index (κ3) is 6.97. The zero-order chi connectivity index (χ0) is 16.2. The molecule has 23 heavy (non-hydrogen) atoms. The number of benzene rings is 1. The molecule has 1 fully saturated rings. The number of halogens is 1. The van der Waals surface area contributed by atoms with Gasteiger partial charge in [0.15, 0.2) is 5.96 Å². The molecule has 0 radical (unpaired) electrons. The molecular formula is C18H30IN3O. The van der Waals surface area contributed by atoms with E-state index in [0.29, 0.717) is 12.5 Å². The summed E-state index contributed by atoms with van der Waals surface area (Å²) in [5, 5.41) is 3.22. The Bertz CT molecular complexity index is 534. The van der Waals surface area contributed by atoms with Crippen molar-refractivity contribution >= 4 is 29.9 Å². The predicted octanol–water partition coefficient (Wildman–Crippen LogP) is 3.99. The zero-order valence-electron chi connectivity index (χ0n) is 14.7. The fourth-order valence-electron chi connectivity index (χ4n) is 2.39. The number of rotatable bonds is 5. The highest BCUT2D eigenvalue weighted by Crippen LogP contribution is 2.26. The second kappa shape index (κ2) is 8.76. The van der Waals surface area contributed by atoms with Crippen LogP contribution in [0.1, 0.15) is 51.2 Å². The summed E-state index contributed by atoms with van der Waals surface area (Å²) in [6.07, 6.45) is 3.96. The van der Waals surface area contributed by atoms with Crippen LogP contribution in [-0.4, -0.2) is 18.1 Å². The molecule has 4 nitrogen and oxygen atoms in total. The smallest absolute Gasteiger partial charge is 0.188 e. The van der Waals surface area contributed by atoms with E-state index in [4.69, 9.17) is 10.5 Å². The molecule has 0 heterocycles. The standard InChI is InChI=1S/C18H29N3O.HI/c1-13-8-9-15(16(10-13)22-18(2,3)4)12-21-17(19)20-11-14-6-5-7-14;/h8-10,14H,5-7,11-12H2,1-4H3,(H3,19,20,21);1H. The second-order valence-corrected chi connectivity index (χ2v) is 7.20. The Morgan fingerprint density at radius 1 is 1.35 bits per heavy atom. The van der Waals surface area contributed by atoms with Gasteiger partial charge in [-0.25, -0.2) is 4.99 Å². The van der Waals surface area contributed by atoms with Gasteiger partial charge in [-0.05, 0) is 58.1 Å². The number of nitrogens with two attached hydrogens (primary N) is 1. The van der Waals surface area contributed by atoms with E-state index in [9.17, 15) is 0 Å². The molecule has 0 aliphatic heterocycles. The molecule has 1 aromatic rings. The van der Waals surface area contributed by atoms with Gasteiger partial charge >= 0.3 is 0 Å². The van der Waals surface area contributed by atoms with Crippen LogP contribution in [0.15, 0.2) is 23.2 Å². The van der Waals surface area contributed by atoms with Crippen molar-refractivity contribution in [3.63, 3.8) is 0 Å². The van der Waals surface area contributed by atoms with Crippen molar-refractivity contribution in [1.82, 2.24) is 5.32 Å². The fraction of sp³-hybridized carbons (Fsp3) is 0.611. The maximum Gasteiger partial charge on any atom is 0.188 e. The Hall–Kier alpha value is -0.980. The molecule has 0 spiro atoms. The Morgan fingerprint density at radius 3 is 2.61 bits per heavy atom. The van der Waals surface area contributed by atoms with Gasteiger partial charge in [0.2, 0.25) is 0 Å². The molecule has 1 aliphatic rings. The first-order valence-electron chi connectivity index (χ1n) is 8.16. The van der Waals surface area contributed by atoms with Gasteiger partial charge in [-0.3, -0.25) is 0 Å². The van der Waals surface area contributed by atoms with Crippen LogP contribution in [0.2, 0.25) is 0 Å². The van der Waals surface area contributed by atoms with E-state index in [1.54, 1.807) is 0 Å². The van der Waals surface area contributed by atoms with Gasteiger partial charge in [-0.1, -0.05) is 18.6 Å². The zero-order valence-corrected chi connectivity index (χ0v) is 17.0. The summed E-state index contributed by atoms with van der Waals surface area (Å²) in [7, 11) is 0. The van der Waals surface area contributed by atoms with E-state index in [-0.39, 0.29) is 29.6 Å². The van der Waals surface area contributed by atoms with Gasteiger partial charge in [-0.2, -0.15) is 0 Å². The highest BCUT2D eigenvalue weighted by Gasteiger charge is 2.17.